The highest BCUT2D eigenvalue weighted by molar-refractivity contribution is 6.30. The summed E-state index contributed by atoms with van der Waals surface area (Å²) in [6.07, 6.45) is 1.19. The number of rotatable bonds is 7. The van der Waals surface area contributed by atoms with Gasteiger partial charge in [-0.2, -0.15) is 13.2 Å². The summed E-state index contributed by atoms with van der Waals surface area (Å²) in [6.45, 7) is 4.14. The highest BCUT2D eigenvalue weighted by Gasteiger charge is 2.33. The summed E-state index contributed by atoms with van der Waals surface area (Å²) in [7, 11) is 0. The molecule has 1 N–H and O–H groups in total. The fourth-order valence-corrected chi connectivity index (χ4v) is 1.89. The van der Waals surface area contributed by atoms with Crippen LogP contribution >= 0.6 is 11.6 Å². The predicted molar refractivity (Wildman–Crippen MR) is 73.6 cm³/mol. The molecule has 0 aromatic heterocycles. The second-order valence-electron chi connectivity index (χ2n) is 4.25. The normalized spacial score (nSPS) is 11.4. The van der Waals surface area contributed by atoms with E-state index in [1.54, 1.807) is 0 Å². The highest BCUT2D eigenvalue weighted by atomic mass is 35.5. The molecule has 0 atom stereocenters. The fourth-order valence-electron chi connectivity index (χ4n) is 1.72. The molecule has 0 saturated heterocycles. The van der Waals surface area contributed by atoms with Crippen LogP contribution in [-0.2, 0) is 6.18 Å². The van der Waals surface area contributed by atoms with Crippen LogP contribution in [0, 0.1) is 0 Å². The van der Waals surface area contributed by atoms with Crippen LogP contribution in [-0.4, -0.2) is 6.54 Å². The molecule has 0 bridgehead atoms. The van der Waals surface area contributed by atoms with Gasteiger partial charge in [0.05, 0.1) is 5.56 Å². The van der Waals surface area contributed by atoms with Gasteiger partial charge in [-0.1, -0.05) is 24.1 Å². The molecular formula is C14H17ClF3N. The minimum Gasteiger partial charge on any atom is -0.385 e. The van der Waals surface area contributed by atoms with E-state index in [1.165, 1.54) is 12.1 Å². The van der Waals surface area contributed by atoms with Crippen LogP contribution in [0.3, 0.4) is 0 Å². The van der Waals surface area contributed by atoms with Crippen LogP contribution in [0.5, 0.6) is 0 Å². The third-order valence-corrected chi connectivity index (χ3v) is 2.92. The molecular weight excluding hydrogens is 275 g/mol. The number of unbranched alkanes of at least 4 members (excludes halogenated alkanes) is 3. The van der Waals surface area contributed by atoms with Crippen molar-refractivity contribution in [1.82, 2.24) is 0 Å². The van der Waals surface area contributed by atoms with Crippen molar-refractivity contribution >= 4 is 17.3 Å². The molecule has 0 heterocycles. The number of nitrogens with one attached hydrogen (secondary N) is 1. The summed E-state index contributed by atoms with van der Waals surface area (Å²) in [4.78, 5) is 0. The second kappa shape index (κ2) is 7.43. The molecule has 0 radical (unpaired) electrons. The number of allylic oxidation sites excluding steroid dienone is 1. The van der Waals surface area contributed by atoms with Gasteiger partial charge in [-0.3, -0.25) is 0 Å². The van der Waals surface area contributed by atoms with E-state index >= 15 is 0 Å². The molecule has 5 heteroatoms. The Kier molecular flexibility index (Phi) is 6.22. The van der Waals surface area contributed by atoms with Crippen LogP contribution in [0.2, 0.25) is 5.02 Å². The summed E-state index contributed by atoms with van der Waals surface area (Å²) in [5.41, 5.74) is -0.633. The van der Waals surface area contributed by atoms with E-state index in [9.17, 15) is 13.2 Å². The summed E-state index contributed by atoms with van der Waals surface area (Å²) >= 11 is 5.60. The molecule has 1 nitrogen and oxygen atoms in total. The summed E-state index contributed by atoms with van der Waals surface area (Å²) < 4.78 is 38.4. The van der Waals surface area contributed by atoms with Gasteiger partial charge in [0.2, 0.25) is 0 Å². The van der Waals surface area contributed by atoms with Crippen molar-refractivity contribution in [3.05, 3.63) is 41.4 Å². The molecule has 106 valence electrons. The SMILES string of the molecule is C=CCCCCCNc1ccc(Cl)cc1C(F)(F)F. The Labute approximate surface area is 116 Å². The first-order valence-electron chi connectivity index (χ1n) is 6.16. The Hall–Kier alpha value is -1.16. The van der Waals surface area contributed by atoms with Crippen molar-refractivity contribution in [3.63, 3.8) is 0 Å². The van der Waals surface area contributed by atoms with Gasteiger partial charge in [0.15, 0.2) is 0 Å². The van der Waals surface area contributed by atoms with Gasteiger partial charge in [-0.15, -0.1) is 6.58 Å². The van der Waals surface area contributed by atoms with Crippen molar-refractivity contribution in [2.24, 2.45) is 0 Å². The molecule has 19 heavy (non-hydrogen) atoms. The van der Waals surface area contributed by atoms with Gasteiger partial charge < -0.3 is 5.32 Å². The standard InChI is InChI=1S/C14H17ClF3N/c1-2-3-4-5-6-9-19-13-8-7-11(15)10-12(13)14(16,17)18/h2,7-8,10,19H,1,3-6,9H2. The average Bonchev–Trinajstić information content (AvgIpc) is 2.34. The van der Waals surface area contributed by atoms with E-state index in [2.05, 4.69) is 11.9 Å². The first-order chi connectivity index (χ1) is 8.95. The van der Waals surface area contributed by atoms with Crippen LogP contribution in [0.1, 0.15) is 31.2 Å². The zero-order valence-electron chi connectivity index (χ0n) is 10.6. The third-order valence-electron chi connectivity index (χ3n) is 2.69. The fraction of sp³-hybridized carbons (Fsp3) is 0.429. The van der Waals surface area contributed by atoms with E-state index in [4.69, 9.17) is 11.6 Å². The van der Waals surface area contributed by atoms with Crippen molar-refractivity contribution < 1.29 is 13.2 Å². The van der Waals surface area contributed by atoms with Crippen LogP contribution < -0.4 is 5.32 Å². The Morgan fingerprint density at radius 3 is 2.58 bits per heavy atom. The first-order valence-corrected chi connectivity index (χ1v) is 6.54. The Morgan fingerprint density at radius 2 is 1.95 bits per heavy atom. The smallest absolute Gasteiger partial charge is 0.385 e. The maximum Gasteiger partial charge on any atom is 0.418 e. The van der Waals surface area contributed by atoms with Crippen molar-refractivity contribution in [2.75, 3.05) is 11.9 Å². The van der Waals surface area contributed by atoms with Gasteiger partial charge in [0.25, 0.3) is 0 Å². The lowest BCUT2D eigenvalue weighted by molar-refractivity contribution is -0.136. The van der Waals surface area contributed by atoms with Crippen molar-refractivity contribution in [3.8, 4) is 0 Å². The van der Waals surface area contributed by atoms with Gasteiger partial charge >= 0.3 is 6.18 Å². The number of benzene rings is 1. The van der Waals surface area contributed by atoms with E-state index in [0.717, 1.165) is 31.7 Å². The van der Waals surface area contributed by atoms with Gasteiger partial charge in [-0.05, 0) is 37.5 Å². The number of hydrogen-bond acceptors (Lipinski definition) is 1. The van der Waals surface area contributed by atoms with Crippen LogP contribution in [0.4, 0.5) is 18.9 Å². The lowest BCUT2D eigenvalue weighted by atomic mass is 10.1. The van der Waals surface area contributed by atoms with Crippen LogP contribution in [0.25, 0.3) is 0 Å². The molecule has 0 aliphatic carbocycles. The number of alkyl halides is 3. The lowest BCUT2D eigenvalue weighted by Gasteiger charge is -2.14. The lowest BCUT2D eigenvalue weighted by Crippen LogP contribution is -2.11. The minimum absolute atomic E-state index is 0.0839. The van der Waals surface area contributed by atoms with E-state index in [-0.39, 0.29) is 10.7 Å². The second-order valence-corrected chi connectivity index (χ2v) is 4.69. The highest BCUT2D eigenvalue weighted by Crippen LogP contribution is 2.36. The number of halogens is 4. The summed E-state index contributed by atoms with van der Waals surface area (Å²) in [5, 5.41) is 2.91. The molecule has 0 unspecified atom stereocenters. The number of hydrogen-bond donors (Lipinski definition) is 1. The van der Waals surface area contributed by atoms with Gasteiger partial charge in [0, 0.05) is 17.3 Å². The zero-order chi connectivity index (χ0) is 14.3. The third kappa shape index (κ3) is 5.55. The Bertz CT molecular complexity index is 416. The predicted octanol–water partition coefficient (Wildman–Crippen LogP) is 5.52. The summed E-state index contributed by atoms with van der Waals surface area (Å²) in [6, 6.07) is 3.77. The molecule has 1 aromatic rings. The van der Waals surface area contributed by atoms with Crippen LogP contribution in [0.15, 0.2) is 30.9 Å². The number of anilines is 1. The Balaban J connectivity index is 2.56. The molecule has 1 rings (SSSR count). The largest absolute Gasteiger partial charge is 0.418 e. The Morgan fingerprint density at radius 1 is 1.21 bits per heavy atom. The molecule has 0 amide bonds. The first kappa shape index (κ1) is 15.9. The average molecular weight is 292 g/mol. The molecule has 1 aromatic carbocycles. The van der Waals surface area contributed by atoms with E-state index in [0.29, 0.717) is 6.54 Å². The maximum atomic E-state index is 12.8. The molecule has 0 aliphatic rings. The van der Waals surface area contributed by atoms with Gasteiger partial charge in [-0.25, -0.2) is 0 Å². The molecule has 0 saturated carbocycles. The van der Waals surface area contributed by atoms with Crippen molar-refractivity contribution in [1.29, 1.82) is 0 Å². The van der Waals surface area contributed by atoms with E-state index < -0.39 is 11.7 Å². The topological polar surface area (TPSA) is 12.0 Å². The molecule has 0 aliphatic heterocycles. The summed E-state index contributed by atoms with van der Waals surface area (Å²) in [5.74, 6) is 0. The van der Waals surface area contributed by atoms with Crippen molar-refractivity contribution in [2.45, 2.75) is 31.9 Å². The quantitative estimate of drug-likeness (QED) is 0.515. The monoisotopic (exact) mass is 291 g/mol. The zero-order valence-corrected chi connectivity index (χ0v) is 11.3. The minimum atomic E-state index is -4.39. The van der Waals surface area contributed by atoms with Gasteiger partial charge in [0.1, 0.15) is 0 Å². The molecule has 0 fully saturated rings. The maximum absolute atomic E-state index is 12.8. The van der Waals surface area contributed by atoms with E-state index in [1.807, 2.05) is 6.08 Å². The molecule has 0 spiro atoms.